The molecule has 18 heavy (non-hydrogen) atoms. The van der Waals surface area contributed by atoms with E-state index in [9.17, 15) is 15.3 Å². The number of aliphatic hydroxyl groups excluding tert-OH is 4. The van der Waals surface area contributed by atoms with Crippen LogP contribution in [0.3, 0.4) is 0 Å². The molecule has 0 radical (unpaired) electrons. The zero-order valence-corrected chi connectivity index (χ0v) is 12.7. The molecular formula is C13H27BrO4. The normalized spacial score (nSPS) is 18.3. The van der Waals surface area contributed by atoms with Crippen molar-refractivity contribution in [1.29, 1.82) is 0 Å². The van der Waals surface area contributed by atoms with E-state index in [1.165, 1.54) is 0 Å². The molecule has 0 amide bonds. The standard InChI is InChI=1S/C13H27BrO4/c1-10(15)2-3-11(16)4-5-12(17)6-7-13(18)8-9-14/h10-13,15-18H,2-9H2,1H3. The summed E-state index contributed by atoms with van der Waals surface area (Å²) in [6.07, 6.45) is 2.43. The molecular weight excluding hydrogens is 300 g/mol. The van der Waals surface area contributed by atoms with Crippen LogP contribution in [-0.4, -0.2) is 50.2 Å². The van der Waals surface area contributed by atoms with Gasteiger partial charge in [0.05, 0.1) is 24.4 Å². The van der Waals surface area contributed by atoms with Gasteiger partial charge in [-0.1, -0.05) is 15.9 Å². The lowest BCUT2D eigenvalue weighted by atomic mass is 10.0. The Bertz CT molecular complexity index is 190. The maximum absolute atomic E-state index is 9.71. The number of alkyl halides is 1. The molecule has 5 heteroatoms. The molecule has 4 unspecified atom stereocenters. The van der Waals surface area contributed by atoms with Crippen molar-refractivity contribution < 1.29 is 20.4 Å². The Morgan fingerprint density at radius 2 is 1.00 bits per heavy atom. The third-order valence-corrected chi connectivity index (χ3v) is 3.48. The third-order valence-electron chi connectivity index (χ3n) is 3.03. The predicted octanol–water partition coefficient (Wildman–Crippen LogP) is 1.58. The van der Waals surface area contributed by atoms with Gasteiger partial charge in [-0.15, -0.1) is 0 Å². The zero-order chi connectivity index (χ0) is 14.0. The highest BCUT2D eigenvalue weighted by molar-refractivity contribution is 9.09. The monoisotopic (exact) mass is 326 g/mol. The first-order valence-electron chi connectivity index (χ1n) is 6.74. The molecule has 0 fully saturated rings. The number of hydrogen-bond acceptors (Lipinski definition) is 4. The van der Waals surface area contributed by atoms with Crippen LogP contribution in [0, 0.1) is 0 Å². The molecule has 4 nitrogen and oxygen atoms in total. The average molecular weight is 327 g/mol. The summed E-state index contributed by atoms with van der Waals surface area (Å²) in [6, 6.07) is 0. The van der Waals surface area contributed by atoms with Gasteiger partial charge in [-0.3, -0.25) is 0 Å². The smallest absolute Gasteiger partial charge is 0.0549 e. The van der Waals surface area contributed by atoms with Crippen LogP contribution in [0.4, 0.5) is 0 Å². The molecule has 0 aliphatic heterocycles. The topological polar surface area (TPSA) is 80.9 Å². The Morgan fingerprint density at radius 3 is 1.33 bits per heavy atom. The summed E-state index contributed by atoms with van der Waals surface area (Å²) in [5.41, 5.74) is 0. The van der Waals surface area contributed by atoms with Gasteiger partial charge in [-0.2, -0.15) is 0 Å². The Kier molecular flexibility index (Phi) is 11.4. The molecule has 4 N–H and O–H groups in total. The van der Waals surface area contributed by atoms with Crippen molar-refractivity contribution in [3.8, 4) is 0 Å². The Morgan fingerprint density at radius 1 is 0.667 bits per heavy atom. The number of rotatable bonds is 11. The molecule has 0 bridgehead atoms. The van der Waals surface area contributed by atoms with E-state index >= 15 is 0 Å². The maximum Gasteiger partial charge on any atom is 0.0549 e. The van der Waals surface area contributed by atoms with Crippen molar-refractivity contribution in [1.82, 2.24) is 0 Å². The van der Waals surface area contributed by atoms with Crippen LogP contribution in [0.1, 0.15) is 51.9 Å². The van der Waals surface area contributed by atoms with E-state index in [0.717, 1.165) is 5.33 Å². The van der Waals surface area contributed by atoms with Gasteiger partial charge >= 0.3 is 0 Å². The number of aliphatic hydroxyl groups is 4. The lowest BCUT2D eigenvalue weighted by Gasteiger charge is -2.16. The van der Waals surface area contributed by atoms with Crippen LogP contribution in [0.5, 0.6) is 0 Å². The lowest BCUT2D eigenvalue weighted by Crippen LogP contribution is -2.17. The van der Waals surface area contributed by atoms with Gasteiger partial charge < -0.3 is 20.4 Å². The first-order valence-corrected chi connectivity index (χ1v) is 7.86. The third kappa shape index (κ3) is 11.4. The van der Waals surface area contributed by atoms with Crippen molar-refractivity contribution in [3.63, 3.8) is 0 Å². The molecule has 0 aromatic rings. The van der Waals surface area contributed by atoms with Gasteiger partial charge in [0.1, 0.15) is 0 Å². The van der Waals surface area contributed by atoms with E-state index < -0.39 is 12.2 Å². The van der Waals surface area contributed by atoms with E-state index in [2.05, 4.69) is 15.9 Å². The summed E-state index contributed by atoms with van der Waals surface area (Å²) in [5.74, 6) is 0. The van der Waals surface area contributed by atoms with Crippen LogP contribution in [0.2, 0.25) is 0 Å². The largest absolute Gasteiger partial charge is 0.393 e. The first-order chi connectivity index (χ1) is 8.45. The van der Waals surface area contributed by atoms with Gasteiger partial charge in [0.25, 0.3) is 0 Å². The van der Waals surface area contributed by atoms with Crippen LogP contribution in [0.15, 0.2) is 0 Å². The minimum Gasteiger partial charge on any atom is -0.393 e. The highest BCUT2D eigenvalue weighted by atomic mass is 79.9. The molecule has 0 aliphatic carbocycles. The van der Waals surface area contributed by atoms with Gasteiger partial charge in [-0.25, -0.2) is 0 Å². The van der Waals surface area contributed by atoms with E-state index in [0.29, 0.717) is 44.9 Å². The Balaban J connectivity index is 3.54. The van der Waals surface area contributed by atoms with E-state index in [1.807, 2.05) is 0 Å². The summed E-state index contributed by atoms with van der Waals surface area (Å²) in [6.45, 7) is 1.70. The quantitative estimate of drug-likeness (QED) is 0.434. The second-order valence-corrected chi connectivity index (χ2v) is 5.81. The second-order valence-electron chi connectivity index (χ2n) is 5.02. The molecule has 0 saturated carbocycles. The first kappa shape index (κ1) is 18.3. The minimum atomic E-state index is -0.462. The summed E-state index contributed by atoms with van der Waals surface area (Å²) in [5, 5.41) is 38.7. The Labute approximate surface area is 118 Å². The van der Waals surface area contributed by atoms with Crippen LogP contribution >= 0.6 is 15.9 Å². The molecule has 110 valence electrons. The molecule has 0 rings (SSSR count). The summed E-state index contributed by atoms with van der Waals surface area (Å²) >= 11 is 3.26. The van der Waals surface area contributed by atoms with Crippen LogP contribution in [-0.2, 0) is 0 Å². The summed E-state index contributed by atoms with van der Waals surface area (Å²) in [7, 11) is 0. The molecule has 0 aromatic heterocycles. The highest BCUT2D eigenvalue weighted by Gasteiger charge is 2.12. The van der Waals surface area contributed by atoms with E-state index in [4.69, 9.17) is 5.11 Å². The molecule has 4 atom stereocenters. The zero-order valence-electron chi connectivity index (χ0n) is 11.1. The van der Waals surface area contributed by atoms with Crippen molar-refractivity contribution in [2.24, 2.45) is 0 Å². The number of hydrogen-bond donors (Lipinski definition) is 4. The minimum absolute atomic E-state index is 0.362. The fourth-order valence-corrected chi connectivity index (χ4v) is 2.29. The Hall–Kier alpha value is 0.320. The van der Waals surface area contributed by atoms with Gasteiger partial charge in [0.2, 0.25) is 0 Å². The maximum atomic E-state index is 9.71. The predicted molar refractivity (Wildman–Crippen MR) is 75.8 cm³/mol. The van der Waals surface area contributed by atoms with Gasteiger partial charge in [0.15, 0.2) is 0 Å². The molecule has 0 saturated heterocycles. The van der Waals surface area contributed by atoms with Crippen LogP contribution < -0.4 is 0 Å². The average Bonchev–Trinajstić information content (AvgIpc) is 2.31. The van der Waals surface area contributed by atoms with Crippen LogP contribution in [0.25, 0.3) is 0 Å². The van der Waals surface area contributed by atoms with Crippen molar-refractivity contribution in [3.05, 3.63) is 0 Å². The second kappa shape index (κ2) is 11.2. The molecule has 0 aromatic carbocycles. The van der Waals surface area contributed by atoms with E-state index in [-0.39, 0.29) is 12.2 Å². The summed E-state index contributed by atoms with van der Waals surface area (Å²) < 4.78 is 0. The highest BCUT2D eigenvalue weighted by Crippen LogP contribution is 2.13. The van der Waals surface area contributed by atoms with Crippen molar-refractivity contribution in [2.75, 3.05) is 5.33 Å². The summed E-state index contributed by atoms with van der Waals surface area (Å²) in [4.78, 5) is 0. The number of halogens is 1. The molecule has 0 heterocycles. The molecule has 0 aliphatic rings. The van der Waals surface area contributed by atoms with E-state index in [1.54, 1.807) is 6.92 Å². The van der Waals surface area contributed by atoms with Crippen molar-refractivity contribution in [2.45, 2.75) is 76.3 Å². The lowest BCUT2D eigenvalue weighted by molar-refractivity contribution is 0.0779. The fraction of sp³-hybridized carbons (Fsp3) is 1.00. The fourth-order valence-electron chi connectivity index (χ4n) is 1.76. The molecule has 0 spiro atoms. The van der Waals surface area contributed by atoms with Gasteiger partial charge in [-0.05, 0) is 51.9 Å². The van der Waals surface area contributed by atoms with Gasteiger partial charge in [0, 0.05) is 5.33 Å². The SMILES string of the molecule is CC(O)CCC(O)CCC(O)CCC(O)CCBr. The van der Waals surface area contributed by atoms with Crippen molar-refractivity contribution >= 4 is 15.9 Å².